The number of amides is 1. The van der Waals surface area contributed by atoms with Gasteiger partial charge >= 0.3 is 0 Å². The van der Waals surface area contributed by atoms with E-state index in [1.54, 1.807) is 6.07 Å². The first-order chi connectivity index (χ1) is 9.44. The number of carbonyl (C=O) groups is 1. The molecular weight excluding hydrogens is 276 g/mol. The monoisotopic (exact) mass is 296 g/mol. The second-order valence-corrected chi connectivity index (χ2v) is 7.40. The SMILES string of the molecule is CS(=O)(=O)Cc1cccc(CNC(=O)C2CCCN2)c1. The van der Waals surface area contributed by atoms with Gasteiger partial charge in [-0.1, -0.05) is 24.3 Å². The van der Waals surface area contributed by atoms with Crippen molar-refractivity contribution in [3.8, 4) is 0 Å². The average molecular weight is 296 g/mol. The summed E-state index contributed by atoms with van der Waals surface area (Å²) in [7, 11) is -3.04. The molecule has 1 aliphatic heterocycles. The van der Waals surface area contributed by atoms with E-state index in [0.717, 1.165) is 30.5 Å². The van der Waals surface area contributed by atoms with Crippen molar-refractivity contribution in [3.63, 3.8) is 0 Å². The molecule has 0 spiro atoms. The number of hydrogen-bond donors (Lipinski definition) is 2. The molecule has 0 aliphatic carbocycles. The highest BCUT2D eigenvalue weighted by atomic mass is 32.2. The molecule has 1 aliphatic rings. The van der Waals surface area contributed by atoms with Crippen molar-refractivity contribution in [2.45, 2.75) is 31.2 Å². The maximum Gasteiger partial charge on any atom is 0.237 e. The standard InChI is InChI=1S/C14H20N2O3S/c1-20(18,19)10-12-5-2-4-11(8-12)9-16-14(17)13-6-3-7-15-13/h2,4-5,8,13,15H,3,6-7,9-10H2,1H3,(H,16,17). The zero-order valence-corrected chi connectivity index (χ0v) is 12.4. The van der Waals surface area contributed by atoms with Crippen LogP contribution >= 0.6 is 0 Å². The Morgan fingerprint density at radius 2 is 2.15 bits per heavy atom. The topological polar surface area (TPSA) is 75.3 Å². The highest BCUT2D eigenvalue weighted by Crippen LogP contribution is 2.09. The van der Waals surface area contributed by atoms with E-state index in [4.69, 9.17) is 0 Å². The summed E-state index contributed by atoms with van der Waals surface area (Å²) in [5, 5.41) is 6.02. The summed E-state index contributed by atoms with van der Waals surface area (Å²) in [5.41, 5.74) is 1.66. The smallest absolute Gasteiger partial charge is 0.237 e. The number of sulfone groups is 1. The number of rotatable bonds is 5. The molecule has 2 rings (SSSR count). The molecule has 1 aromatic carbocycles. The Bertz CT molecular complexity index is 578. The van der Waals surface area contributed by atoms with Gasteiger partial charge in [0.1, 0.15) is 0 Å². The van der Waals surface area contributed by atoms with Gasteiger partial charge in [-0.2, -0.15) is 0 Å². The van der Waals surface area contributed by atoms with E-state index in [1.165, 1.54) is 6.26 Å². The molecule has 2 N–H and O–H groups in total. The number of benzene rings is 1. The van der Waals surface area contributed by atoms with E-state index in [9.17, 15) is 13.2 Å². The summed E-state index contributed by atoms with van der Waals surface area (Å²) in [6.07, 6.45) is 3.12. The van der Waals surface area contributed by atoms with E-state index < -0.39 is 9.84 Å². The fourth-order valence-corrected chi connectivity index (χ4v) is 3.14. The quantitative estimate of drug-likeness (QED) is 0.834. The van der Waals surface area contributed by atoms with Gasteiger partial charge in [-0.3, -0.25) is 4.79 Å². The Hall–Kier alpha value is -1.40. The minimum absolute atomic E-state index is 0.0102. The number of hydrogen-bond acceptors (Lipinski definition) is 4. The van der Waals surface area contributed by atoms with Crippen LogP contribution in [0.25, 0.3) is 0 Å². The van der Waals surface area contributed by atoms with Gasteiger partial charge in [-0.25, -0.2) is 8.42 Å². The van der Waals surface area contributed by atoms with Crippen molar-refractivity contribution in [3.05, 3.63) is 35.4 Å². The van der Waals surface area contributed by atoms with Crippen molar-refractivity contribution in [1.82, 2.24) is 10.6 Å². The molecule has 110 valence electrons. The molecule has 1 amide bonds. The minimum atomic E-state index is -3.04. The first-order valence-electron chi connectivity index (χ1n) is 6.71. The Kier molecular flexibility index (Phi) is 4.77. The third kappa shape index (κ3) is 4.61. The van der Waals surface area contributed by atoms with Crippen LogP contribution in [0.4, 0.5) is 0 Å². The van der Waals surface area contributed by atoms with Crippen molar-refractivity contribution < 1.29 is 13.2 Å². The lowest BCUT2D eigenvalue weighted by Gasteiger charge is -2.11. The molecule has 1 heterocycles. The Morgan fingerprint density at radius 1 is 1.40 bits per heavy atom. The normalized spacial score (nSPS) is 18.9. The van der Waals surface area contributed by atoms with Crippen LogP contribution in [-0.2, 0) is 26.9 Å². The van der Waals surface area contributed by atoms with Crippen molar-refractivity contribution in [2.75, 3.05) is 12.8 Å². The Labute approximate surface area is 119 Å². The van der Waals surface area contributed by atoms with Gasteiger partial charge in [-0.05, 0) is 30.5 Å². The maximum absolute atomic E-state index is 11.9. The van der Waals surface area contributed by atoms with Crippen LogP contribution in [0.5, 0.6) is 0 Å². The molecule has 0 saturated carbocycles. The van der Waals surface area contributed by atoms with Crippen LogP contribution in [0.15, 0.2) is 24.3 Å². The molecule has 1 atom stereocenters. The largest absolute Gasteiger partial charge is 0.351 e. The number of nitrogens with one attached hydrogen (secondary N) is 2. The summed E-state index contributed by atoms with van der Waals surface area (Å²) in [6, 6.07) is 7.22. The third-order valence-electron chi connectivity index (χ3n) is 3.26. The first-order valence-corrected chi connectivity index (χ1v) is 8.77. The zero-order chi connectivity index (χ0) is 14.6. The minimum Gasteiger partial charge on any atom is -0.351 e. The molecule has 1 saturated heterocycles. The first kappa shape index (κ1) is 15.0. The van der Waals surface area contributed by atoms with E-state index in [0.29, 0.717) is 6.54 Å². The van der Waals surface area contributed by atoms with Gasteiger partial charge in [0.25, 0.3) is 0 Å². The molecule has 6 heteroatoms. The molecule has 1 aromatic rings. The van der Waals surface area contributed by atoms with Crippen LogP contribution in [0.2, 0.25) is 0 Å². The second kappa shape index (κ2) is 6.37. The second-order valence-electron chi connectivity index (χ2n) is 5.26. The van der Waals surface area contributed by atoms with Gasteiger partial charge in [0.15, 0.2) is 9.84 Å². The van der Waals surface area contributed by atoms with E-state index in [1.807, 2.05) is 18.2 Å². The van der Waals surface area contributed by atoms with Crippen LogP contribution in [0.1, 0.15) is 24.0 Å². The van der Waals surface area contributed by atoms with Crippen LogP contribution in [-0.4, -0.2) is 33.2 Å². The van der Waals surface area contributed by atoms with Crippen molar-refractivity contribution >= 4 is 15.7 Å². The third-order valence-corrected chi connectivity index (χ3v) is 4.12. The lowest BCUT2D eigenvalue weighted by molar-refractivity contribution is -0.122. The summed E-state index contributed by atoms with van der Waals surface area (Å²) in [5.74, 6) is 0.0370. The summed E-state index contributed by atoms with van der Waals surface area (Å²) in [4.78, 5) is 11.9. The molecule has 0 bridgehead atoms. The van der Waals surface area contributed by atoms with E-state index in [2.05, 4.69) is 10.6 Å². The molecule has 0 radical (unpaired) electrons. The Morgan fingerprint density at radius 3 is 2.80 bits per heavy atom. The predicted octanol–water partition coefficient (Wildman–Crippen LogP) is 0.599. The molecule has 1 fully saturated rings. The van der Waals surface area contributed by atoms with Crippen molar-refractivity contribution in [2.24, 2.45) is 0 Å². The van der Waals surface area contributed by atoms with Gasteiger partial charge in [0.2, 0.25) is 5.91 Å². The van der Waals surface area contributed by atoms with Gasteiger partial charge in [0.05, 0.1) is 11.8 Å². The molecular formula is C14H20N2O3S. The van der Waals surface area contributed by atoms with Gasteiger partial charge < -0.3 is 10.6 Å². The van der Waals surface area contributed by atoms with Crippen LogP contribution < -0.4 is 10.6 Å². The molecule has 5 nitrogen and oxygen atoms in total. The number of carbonyl (C=O) groups excluding carboxylic acids is 1. The Balaban J connectivity index is 1.92. The fraction of sp³-hybridized carbons (Fsp3) is 0.500. The average Bonchev–Trinajstić information content (AvgIpc) is 2.88. The fourth-order valence-electron chi connectivity index (χ4n) is 2.35. The summed E-state index contributed by atoms with van der Waals surface area (Å²) < 4.78 is 22.5. The van der Waals surface area contributed by atoms with E-state index in [-0.39, 0.29) is 17.7 Å². The molecule has 20 heavy (non-hydrogen) atoms. The van der Waals surface area contributed by atoms with Gasteiger partial charge in [0, 0.05) is 12.8 Å². The maximum atomic E-state index is 11.9. The lowest BCUT2D eigenvalue weighted by atomic mass is 10.1. The lowest BCUT2D eigenvalue weighted by Crippen LogP contribution is -2.40. The van der Waals surface area contributed by atoms with E-state index >= 15 is 0 Å². The van der Waals surface area contributed by atoms with Gasteiger partial charge in [-0.15, -0.1) is 0 Å². The van der Waals surface area contributed by atoms with Crippen molar-refractivity contribution in [1.29, 1.82) is 0 Å². The highest BCUT2D eigenvalue weighted by molar-refractivity contribution is 7.89. The predicted molar refractivity (Wildman–Crippen MR) is 77.9 cm³/mol. The summed E-state index contributed by atoms with van der Waals surface area (Å²) in [6.45, 7) is 1.32. The van der Waals surface area contributed by atoms with Crippen LogP contribution in [0.3, 0.4) is 0 Å². The summed E-state index contributed by atoms with van der Waals surface area (Å²) >= 11 is 0. The zero-order valence-electron chi connectivity index (χ0n) is 11.6. The molecule has 1 unspecified atom stereocenters. The van der Waals surface area contributed by atoms with Crippen LogP contribution in [0, 0.1) is 0 Å². The highest BCUT2D eigenvalue weighted by Gasteiger charge is 2.21. The molecule has 0 aromatic heterocycles.